The predicted molar refractivity (Wildman–Crippen MR) is 70.4 cm³/mol. The highest BCUT2D eigenvalue weighted by Gasteiger charge is 2.22. The second-order valence-corrected chi connectivity index (χ2v) is 5.09. The van der Waals surface area contributed by atoms with E-state index in [1.54, 1.807) is 0 Å². The average molecular weight is 274 g/mol. The van der Waals surface area contributed by atoms with Gasteiger partial charge in [0.25, 0.3) is 0 Å². The molecule has 0 aromatic carbocycles. The van der Waals surface area contributed by atoms with Crippen LogP contribution in [0.25, 0.3) is 0 Å². The second-order valence-electron chi connectivity index (χ2n) is 5.09. The summed E-state index contributed by atoms with van der Waals surface area (Å²) in [6.45, 7) is 6.29. The van der Waals surface area contributed by atoms with Crippen LogP contribution in [-0.4, -0.2) is 65.1 Å². The first-order valence-electron chi connectivity index (χ1n) is 7.41. The average Bonchev–Trinajstić information content (AvgIpc) is 3.28. The van der Waals surface area contributed by atoms with Crippen LogP contribution < -0.4 is 0 Å². The van der Waals surface area contributed by atoms with Gasteiger partial charge in [-0.3, -0.25) is 0 Å². The van der Waals surface area contributed by atoms with Gasteiger partial charge in [0, 0.05) is 13.2 Å². The first-order chi connectivity index (χ1) is 9.45. The highest BCUT2D eigenvalue weighted by atomic mass is 16.6. The number of hydrogen-bond donors (Lipinski definition) is 0. The normalized spacial score (nSPS) is 24.6. The SMILES string of the molecule is C(CCCOCC1CO1)CCOCCOCC1CO1. The Bertz CT molecular complexity index is 194. The Balaban J connectivity index is 1.18. The van der Waals surface area contributed by atoms with Crippen molar-refractivity contribution in [1.82, 2.24) is 0 Å². The van der Waals surface area contributed by atoms with Crippen molar-refractivity contribution < 1.29 is 23.7 Å². The van der Waals surface area contributed by atoms with Crippen LogP contribution in [0.5, 0.6) is 0 Å². The Labute approximate surface area is 115 Å². The molecule has 0 radical (unpaired) electrons. The van der Waals surface area contributed by atoms with Crippen molar-refractivity contribution >= 4 is 0 Å². The van der Waals surface area contributed by atoms with Gasteiger partial charge in [-0.15, -0.1) is 0 Å². The van der Waals surface area contributed by atoms with Gasteiger partial charge >= 0.3 is 0 Å². The lowest BCUT2D eigenvalue weighted by Gasteiger charge is -2.05. The highest BCUT2D eigenvalue weighted by molar-refractivity contribution is 4.67. The quantitative estimate of drug-likeness (QED) is 0.354. The van der Waals surface area contributed by atoms with Crippen molar-refractivity contribution in [2.45, 2.75) is 37.9 Å². The molecule has 2 atom stereocenters. The van der Waals surface area contributed by atoms with Gasteiger partial charge in [-0.25, -0.2) is 0 Å². The molecule has 5 nitrogen and oxygen atoms in total. The molecule has 2 saturated heterocycles. The van der Waals surface area contributed by atoms with Crippen molar-refractivity contribution in [2.24, 2.45) is 0 Å². The third kappa shape index (κ3) is 9.35. The zero-order valence-electron chi connectivity index (χ0n) is 11.7. The Kier molecular flexibility index (Phi) is 7.73. The standard InChI is InChI=1S/C14H26O5/c1(2-4-6-16-9-13-11-18-13)3-5-15-7-8-17-10-14-12-19-14/h13-14H,1-12H2. The Morgan fingerprint density at radius 3 is 1.68 bits per heavy atom. The summed E-state index contributed by atoms with van der Waals surface area (Å²) in [5.41, 5.74) is 0. The summed E-state index contributed by atoms with van der Waals surface area (Å²) in [4.78, 5) is 0. The molecule has 2 unspecified atom stereocenters. The third-order valence-corrected chi connectivity index (χ3v) is 3.11. The van der Waals surface area contributed by atoms with E-state index >= 15 is 0 Å². The van der Waals surface area contributed by atoms with Crippen molar-refractivity contribution in [3.63, 3.8) is 0 Å². The lowest BCUT2D eigenvalue weighted by Crippen LogP contribution is -2.09. The Hall–Kier alpha value is -0.200. The zero-order chi connectivity index (χ0) is 13.2. The lowest BCUT2D eigenvalue weighted by atomic mass is 10.2. The van der Waals surface area contributed by atoms with Crippen molar-refractivity contribution in [2.75, 3.05) is 52.9 Å². The maximum atomic E-state index is 5.49. The Morgan fingerprint density at radius 2 is 1.11 bits per heavy atom. The van der Waals surface area contributed by atoms with Gasteiger partial charge in [-0.05, 0) is 12.8 Å². The van der Waals surface area contributed by atoms with Gasteiger partial charge in [0.2, 0.25) is 0 Å². The smallest absolute Gasteiger partial charge is 0.104 e. The van der Waals surface area contributed by atoms with Crippen LogP contribution in [0.1, 0.15) is 25.7 Å². The van der Waals surface area contributed by atoms with E-state index in [1.807, 2.05) is 0 Å². The van der Waals surface area contributed by atoms with Crippen molar-refractivity contribution in [1.29, 1.82) is 0 Å². The maximum Gasteiger partial charge on any atom is 0.104 e. The van der Waals surface area contributed by atoms with E-state index in [9.17, 15) is 0 Å². The highest BCUT2D eigenvalue weighted by Crippen LogP contribution is 2.09. The van der Waals surface area contributed by atoms with E-state index in [0.29, 0.717) is 25.4 Å². The number of ether oxygens (including phenoxy) is 5. The van der Waals surface area contributed by atoms with Gasteiger partial charge in [0.1, 0.15) is 12.2 Å². The molecule has 2 heterocycles. The van der Waals surface area contributed by atoms with Gasteiger partial charge < -0.3 is 23.7 Å². The first-order valence-corrected chi connectivity index (χ1v) is 7.41. The molecule has 2 fully saturated rings. The van der Waals surface area contributed by atoms with Crippen molar-refractivity contribution in [3.05, 3.63) is 0 Å². The topological polar surface area (TPSA) is 52.8 Å². The molecule has 0 bridgehead atoms. The largest absolute Gasteiger partial charge is 0.379 e. The fourth-order valence-electron chi connectivity index (χ4n) is 1.74. The van der Waals surface area contributed by atoms with Crippen LogP contribution in [0.3, 0.4) is 0 Å². The van der Waals surface area contributed by atoms with Gasteiger partial charge in [-0.2, -0.15) is 0 Å². The minimum atomic E-state index is 0.355. The molecule has 19 heavy (non-hydrogen) atoms. The van der Waals surface area contributed by atoms with Crippen LogP contribution in [-0.2, 0) is 23.7 Å². The van der Waals surface area contributed by atoms with Gasteiger partial charge in [-0.1, -0.05) is 12.8 Å². The van der Waals surface area contributed by atoms with E-state index in [-0.39, 0.29) is 0 Å². The molecule has 2 rings (SSSR count). The molecular formula is C14H26O5. The fraction of sp³-hybridized carbons (Fsp3) is 1.00. The molecule has 0 aromatic rings. The van der Waals surface area contributed by atoms with Crippen LogP contribution in [0.15, 0.2) is 0 Å². The molecule has 0 spiro atoms. The van der Waals surface area contributed by atoms with Crippen molar-refractivity contribution in [3.8, 4) is 0 Å². The van der Waals surface area contributed by atoms with Crippen LogP contribution in [0.4, 0.5) is 0 Å². The van der Waals surface area contributed by atoms with Crippen LogP contribution >= 0.6 is 0 Å². The number of unbranched alkanes of at least 4 members (excludes halogenated alkanes) is 3. The minimum absolute atomic E-state index is 0.355. The molecule has 0 aliphatic carbocycles. The predicted octanol–water partition coefficient (Wildman–Crippen LogP) is 1.39. The monoisotopic (exact) mass is 274 g/mol. The molecule has 0 saturated carbocycles. The molecule has 2 aliphatic heterocycles. The van der Waals surface area contributed by atoms with E-state index < -0.39 is 0 Å². The third-order valence-electron chi connectivity index (χ3n) is 3.11. The fourth-order valence-corrected chi connectivity index (χ4v) is 1.74. The molecule has 112 valence electrons. The molecule has 0 N–H and O–H groups in total. The summed E-state index contributed by atoms with van der Waals surface area (Å²) in [6, 6.07) is 0. The summed E-state index contributed by atoms with van der Waals surface area (Å²) in [5, 5.41) is 0. The summed E-state index contributed by atoms with van der Waals surface area (Å²) in [5.74, 6) is 0. The minimum Gasteiger partial charge on any atom is -0.379 e. The van der Waals surface area contributed by atoms with Crippen LogP contribution in [0.2, 0.25) is 0 Å². The molecule has 0 amide bonds. The summed E-state index contributed by atoms with van der Waals surface area (Å²) in [7, 11) is 0. The van der Waals surface area contributed by atoms with Gasteiger partial charge in [0.15, 0.2) is 0 Å². The zero-order valence-corrected chi connectivity index (χ0v) is 11.7. The number of epoxide rings is 2. The van der Waals surface area contributed by atoms with Gasteiger partial charge in [0.05, 0.1) is 39.6 Å². The van der Waals surface area contributed by atoms with Crippen LogP contribution in [0, 0.1) is 0 Å². The first kappa shape index (κ1) is 15.2. The summed E-state index contributed by atoms with van der Waals surface area (Å²) >= 11 is 0. The Morgan fingerprint density at radius 1 is 0.632 bits per heavy atom. The summed E-state index contributed by atoms with van der Waals surface area (Å²) < 4.78 is 26.4. The number of rotatable bonds is 14. The molecule has 5 heteroatoms. The summed E-state index contributed by atoms with van der Waals surface area (Å²) in [6.07, 6.45) is 5.43. The molecule has 2 aliphatic rings. The van der Waals surface area contributed by atoms with E-state index in [1.165, 1.54) is 12.8 Å². The maximum absolute atomic E-state index is 5.49. The van der Waals surface area contributed by atoms with E-state index in [4.69, 9.17) is 23.7 Å². The molecular weight excluding hydrogens is 248 g/mol. The second kappa shape index (κ2) is 9.66. The lowest BCUT2D eigenvalue weighted by molar-refractivity contribution is 0.0403. The number of hydrogen-bond acceptors (Lipinski definition) is 5. The molecule has 0 aromatic heterocycles. The van der Waals surface area contributed by atoms with E-state index in [2.05, 4.69) is 0 Å². The van der Waals surface area contributed by atoms with E-state index in [0.717, 1.165) is 52.5 Å².